The first kappa shape index (κ1) is 15.2. The van der Waals surface area contributed by atoms with Crippen LogP contribution in [0.3, 0.4) is 0 Å². The number of halogens is 1. The molecule has 2 aromatic rings. The lowest BCUT2D eigenvalue weighted by atomic mass is 10.2. The summed E-state index contributed by atoms with van der Waals surface area (Å²) in [5.41, 5.74) is 0.529. The fourth-order valence-corrected chi connectivity index (χ4v) is 5.06. The number of hydrogen-bond acceptors (Lipinski definition) is 5. The number of nitrogens with zero attached hydrogens (tertiary/aromatic N) is 1. The van der Waals surface area contributed by atoms with Gasteiger partial charge in [-0.1, -0.05) is 11.6 Å². The van der Waals surface area contributed by atoms with Crippen LogP contribution in [0.25, 0.3) is 10.9 Å². The lowest BCUT2D eigenvalue weighted by Crippen LogP contribution is -2.29. The minimum absolute atomic E-state index is 0.115. The molecule has 0 bridgehead atoms. The largest absolute Gasteiger partial charge is 0.309 e. The van der Waals surface area contributed by atoms with Crippen molar-refractivity contribution in [2.45, 2.75) is 11.8 Å². The second-order valence-corrected chi connectivity index (χ2v) is 7.87. The van der Waals surface area contributed by atoms with Gasteiger partial charge in [0.05, 0.1) is 17.4 Å². The van der Waals surface area contributed by atoms with Crippen LogP contribution in [-0.2, 0) is 6.54 Å². The second-order valence-electron chi connectivity index (χ2n) is 4.87. The summed E-state index contributed by atoms with van der Waals surface area (Å²) in [5.74, 6) is 4.32. The average molecular weight is 342 g/mol. The number of benzene rings is 1. The monoisotopic (exact) mass is 341 g/mol. The van der Waals surface area contributed by atoms with Gasteiger partial charge in [0, 0.05) is 34.1 Å². The number of fused-ring (bicyclic) bond motifs is 1. The van der Waals surface area contributed by atoms with E-state index in [9.17, 15) is 4.79 Å². The van der Waals surface area contributed by atoms with Crippen LogP contribution < -0.4 is 10.9 Å². The summed E-state index contributed by atoms with van der Waals surface area (Å²) in [6, 6.07) is 5.14. The molecule has 1 fully saturated rings. The Morgan fingerprint density at radius 3 is 3.14 bits per heavy atom. The van der Waals surface area contributed by atoms with Crippen LogP contribution in [0.5, 0.6) is 0 Å². The van der Waals surface area contributed by atoms with Gasteiger partial charge in [0.25, 0.3) is 5.56 Å². The smallest absolute Gasteiger partial charge is 0.258 e. The van der Waals surface area contributed by atoms with Crippen LogP contribution >= 0.6 is 35.1 Å². The zero-order chi connectivity index (χ0) is 14.7. The molecule has 7 heteroatoms. The van der Waals surface area contributed by atoms with Gasteiger partial charge in [-0.2, -0.15) is 23.5 Å². The lowest BCUT2D eigenvalue weighted by Gasteiger charge is -2.21. The van der Waals surface area contributed by atoms with Gasteiger partial charge >= 0.3 is 0 Å². The number of H-pyrrole nitrogens is 1. The predicted octanol–water partition coefficient (Wildman–Crippen LogP) is 2.51. The van der Waals surface area contributed by atoms with Crippen molar-refractivity contribution in [1.29, 1.82) is 0 Å². The Labute approximate surface area is 136 Å². The third-order valence-electron chi connectivity index (χ3n) is 3.27. The summed E-state index contributed by atoms with van der Waals surface area (Å²) in [7, 11) is 0. The standard InChI is InChI=1S/C14H16ClN3OS2/c15-9-1-2-11-12(5-9)17-13(18-14(11)19)7-16-6-10-8-20-3-4-21-10/h1-2,5,10,16H,3-4,6-8H2,(H,17,18,19). The molecule has 0 amide bonds. The molecule has 0 aliphatic carbocycles. The van der Waals surface area contributed by atoms with E-state index in [1.165, 1.54) is 17.3 Å². The molecule has 1 atom stereocenters. The minimum atomic E-state index is -0.115. The fraction of sp³-hybridized carbons (Fsp3) is 0.429. The van der Waals surface area contributed by atoms with E-state index in [0.717, 1.165) is 6.54 Å². The highest BCUT2D eigenvalue weighted by molar-refractivity contribution is 8.06. The van der Waals surface area contributed by atoms with E-state index in [1.54, 1.807) is 18.2 Å². The number of nitrogens with one attached hydrogen (secondary N) is 2. The lowest BCUT2D eigenvalue weighted by molar-refractivity contribution is 0.659. The molecule has 21 heavy (non-hydrogen) atoms. The molecule has 0 saturated carbocycles. The molecule has 1 aliphatic rings. The molecular weight excluding hydrogens is 326 g/mol. The number of thioether (sulfide) groups is 2. The van der Waals surface area contributed by atoms with Crippen LogP contribution in [0.2, 0.25) is 5.02 Å². The van der Waals surface area contributed by atoms with E-state index in [2.05, 4.69) is 15.3 Å². The predicted molar refractivity (Wildman–Crippen MR) is 92.7 cm³/mol. The molecule has 1 aromatic carbocycles. The SMILES string of the molecule is O=c1[nH]c(CNCC2CSCCS2)nc2cc(Cl)ccc12. The van der Waals surface area contributed by atoms with Gasteiger partial charge in [-0.15, -0.1) is 0 Å². The van der Waals surface area contributed by atoms with Crippen molar-refractivity contribution >= 4 is 46.0 Å². The van der Waals surface area contributed by atoms with E-state index in [4.69, 9.17) is 11.6 Å². The summed E-state index contributed by atoms with van der Waals surface area (Å²) in [5, 5.41) is 5.19. The molecule has 3 rings (SSSR count). The normalized spacial score (nSPS) is 19.0. The Bertz CT molecular complexity index is 685. The summed E-state index contributed by atoms with van der Waals surface area (Å²) in [6.07, 6.45) is 0. The molecule has 1 unspecified atom stereocenters. The Morgan fingerprint density at radius 2 is 2.33 bits per heavy atom. The molecule has 1 aromatic heterocycles. The van der Waals surface area contributed by atoms with E-state index < -0.39 is 0 Å². The van der Waals surface area contributed by atoms with E-state index in [0.29, 0.717) is 33.5 Å². The summed E-state index contributed by atoms with van der Waals surface area (Å²) >= 11 is 9.98. The number of aromatic nitrogens is 2. The van der Waals surface area contributed by atoms with Crippen molar-refractivity contribution < 1.29 is 0 Å². The van der Waals surface area contributed by atoms with Crippen molar-refractivity contribution in [3.05, 3.63) is 39.4 Å². The molecule has 2 N–H and O–H groups in total. The Balaban J connectivity index is 1.67. The first-order chi connectivity index (χ1) is 10.2. The maximum atomic E-state index is 12.0. The van der Waals surface area contributed by atoms with Crippen molar-refractivity contribution in [3.63, 3.8) is 0 Å². The number of aromatic amines is 1. The quantitative estimate of drug-likeness (QED) is 0.895. The Hall–Kier alpha value is -0.690. The van der Waals surface area contributed by atoms with Gasteiger partial charge in [0.1, 0.15) is 5.82 Å². The van der Waals surface area contributed by atoms with Crippen LogP contribution in [0, 0.1) is 0 Å². The molecule has 2 heterocycles. The highest BCUT2D eigenvalue weighted by Gasteiger charge is 2.13. The van der Waals surface area contributed by atoms with Gasteiger partial charge in [-0.25, -0.2) is 4.98 Å². The second kappa shape index (κ2) is 7.05. The zero-order valence-electron chi connectivity index (χ0n) is 11.4. The minimum Gasteiger partial charge on any atom is -0.309 e. The van der Waals surface area contributed by atoms with Crippen LogP contribution in [-0.4, -0.2) is 39.0 Å². The van der Waals surface area contributed by atoms with Gasteiger partial charge in [-0.05, 0) is 18.2 Å². The van der Waals surface area contributed by atoms with Crippen molar-refractivity contribution in [3.8, 4) is 0 Å². The highest BCUT2D eigenvalue weighted by atomic mass is 35.5. The maximum absolute atomic E-state index is 12.0. The van der Waals surface area contributed by atoms with Gasteiger partial charge in [0.15, 0.2) is 0 Å². The topological polar surface area (TPSA) is 57.8 Å². The van der Waals surface area contributed by atoms with Crippen LogP contribution in [0.4, 0.5) is 0 Å². The van der Waals surface area contributed by atoms with E-state index >= 15 is 0 Å². The molecule has 0 radical (unpaired) electrons. The fourth-order valence-electron chi connectivity index (χ4n) is 2.25. The third-order valence-corrected chi connectivity index (χ3v) is 6.35. The average Bonchev–Trinajstić information content (AvgIpc) is 2.48. The molecule has 1 saturated heterocycles. The van der Waals surface area contributed by atoms with Gasteiger partial charge in [-0.3, -0.25) is 4.79 Å². The number of hydrogen-bond donors (Lipinski definition) is 2. The van der Waals surface area contributed by atoms with Crippen LogP contribution in [0.1, 0.15) is 5.82 Å². The highest BCUT2D eigenvalue weighted by Crippen LogP contribution is 2.23. The Morgan fingerprint density at radius 1 is 1.43 bits per heavy atom. The van der Waals surface area contributed by atoms with E-state index in [1.807, 2.05) is 23.5 Å². The van der Waals surface area contributed by atoms with Gasteiger partial charge < -0.3 is 10.3 Å². The molecule has 4 nitrogen and oxygen atoms in total. The van der Waals surface area contributed by atoms with Gasteiger partial charge in [0.2, 0.25) is 0 Å². The summed E-state index contributed by atoms with van der Waals surface area (Å²) in [6.45, 7) is 1.51. The van der Waals surface area contributed by atoms with Crippen molar-refractivity contribution in [2.75, 3.05) is 23.8 Å². The van der Waals surface area contributed by atoms with Crippen molar-refractivity contribution in [1.82, 2.24) is 15.3 Å². The maximum Gasteiger partial charge on any atom is 0.258 e. The third kappa shape index (κ3) is 3.94. The first-order valence-corrected chi connectivity index (χ1v) is 9.39. The molecule has 112 valence electrons. The molecular formula is C14H16ClN3OS2. The zero-order valence-corrected chi connectivity index (χ0v) is 13.8. The molecule has 1 aliphatic heterocycles. The van der Waals surface area contributed by atoms with E-state index in [-0.39, 0.29) is 5.56 Å². The van der Waals surface area contributed by atoms with Crippen LogP contribution in [0.15, 0.2) is 23.0 Å². The first-order valence-electron chi connectivity index (χ1n) is 6.81. The summed E-state index contributed by atoms with van der Waals surface area (Å²) < 4.78 is 0. The Kier molecular flexibility index (Phi) is 5.11. The summed E-state index contributed by atoms with van der Waals surface area (Å²) in [4.78, 5) is 19.3. The molecule has 0 spiro atoms. The van der Waals surface area contributed by atoms with Crippen molar-refractivity contribution in [2.24, 2.45) is 0 Å². The number of rotatable bonds is 4.